The first-order valence-electron chi connectivity index (χ1n) is 2.21. The summed E-state index contributed by atoms with van der Waals surface area (Å²) in [6.07, 6.45) is 1.46. The van der Waals surface area contributed by atoms with Crippen molar-refractivity contribution in [3.05, 3.63) is 16.7 Å². The Morgan fingerprint density at radius 1 is 1.88 bits per heavy atom. The lowest BCUT2D eigenvalue weighted by molar-refractivity contribution is 0.884. The van der Waals surface area contributed by atoms with Crippen LogP contribution in [0.5, 0.6) is 0 Å². The normalized spacial score (nSPS) is 9.62. The van der Waals surface area contributed by atoms with Crippen molar-refractivity contribution >= 4 is 13.4 Å². The lowest BCUT2D eigenvalue weighted by atomic mass is 10.1. The van der Waals surface area contributed by atoms with E-state index in [-0.39, 0.29) is 5.69 Å². The summed E-state index contributed by atoms with van der Waals surface area (Å²) in [5.41, 5.74) is 0.275. The summed E-state index contributed by atoms with van der Waals surface area (Å²) in [5.74, 6) is 0. The van der Waals surface area contributed by atoms with E-state index in [0.717, 1.165) is 0 Å². The molecule has 3 nitrogen and oxygen atoms in total. The fourth-order valence-corrected chi connectivity index (χ4v) is 0.447. The Hall–Kier alpha value is -0.925. The van der Waals surface area contributed by atoms with Gasteiger partial charge >= 0.3 is 5.69 Å². The molecule has 1 aromatic rings. The number of hydrogen-bond donors (Lipinski definition) is 1. The van der Waals surface area contributed by atoms with Gasteiger partial charge in [-0.15, -0.1) is 0 Å². The second kappa shape index (κ2) is 1.54. The predicted molar refractivity (Wildman–Crippen MR) is 31.4 cm³/mol. The van der Waals surface area contributed by atoms with Crippen LogP contribution < -0.4 is 11.3 Å². The molecule has 0 aliphatic carbocycles. The molecule has 0 saturated carbocycles. The summed E-state index contributed by atoms with van der Waals surface area (Å²) >= 11 is 0. The van der Waals surface area contributed by atoms with Gasteiger partial charge < -0.3 is 9.55 Å². The van der Waals surface area contributed by atoms with Crippen LogP contribution in [0.1, 0.15) is 0 Å². The second-order valence-electron chi connectivity index (χ2n) is 1.58. The smallest absolute Gasteiger partial charge is 0.313 e. The van der Waals surface area contributed by atoms with E-state index >= 15 is 0 Å². The Bertz CT molecular complexity index is 236. The fraction of sp³-hybridized carbons (Fsp3) is 0.250. The average Bonchev–Trinajstić information content (AvgIpc) is 1.98. The molecule has 1 rings (SSSR count). The molecule has 4 heteroatoms. The van der Waals surface area contributed by atoms with Crippen LogP contribution in [-0.4, -0.2) is 17.4 Å². The molecule has 1 aromatic heterocycles. The van der Waals surface area contributed by atoms with Gasteiger partial charge in [-0.2, -0.15) is 0 Å². The molecular formula is C4H5BN2O. The number of imidazole rings is 1. The molecule has 1 N–H and O–H groups in total. The van der Waals surface area contributed by atoms with Gasteiger partial charge in [0.1, 0.15) is 7.85 Å². The van der Waals surface area contributed by atoms with Crippen LogP contribution in [0.3, 0.4) is 0 Å². The topological polar surface area (TPSA) is 37.8 Å². The monoisotopic (exact) mass is 108 g/mol. The number of H-pyrrole nitrogens is 1. The highest BCUT2D eigenvalue weighted by Crippen LogP contribution is 1.60. The highest BCUT2D eigenvalue weighted by Gasteiger charge is 1.90. The summed E-state index contributed by atoms with van der Waals surface area (Å²) in [6.45, 7) is 0. The van der Waals surface area contributed by atoms with Crippen LogP contribution in [0.25, 0.3) is 0 Å². The summed E-state index contributed by atoms with van der Waals surface area (Å²) in [4.78, 5) is 12.9. The highest BCUT2D eigenvalue weighted by atomic mass is 16.1. The predicted octanol–water partition coefficient (Wildman–Crippen LogP) is -1.49. The molecule has 1 heterocycles. The van der Waals surface area contributed by atoms with Gasteiger partial charge in [0.25, 0.3) is 0 Å². The Labute approximate surface area is 47.7 Å². The van der Waals surface area contributed by atoms with Crippen LogP contribution in [0.2, 0.25) is 0 Å². The van der Waals surface area contributed by atoms with Crippen LogP contribution in [0.4, 0.5) is 0 Å². The first kappa shape index (κ1) is 5.22. The van der Waals surface area contributed by atoms with Crippen molar-refractivity contribution in [3.63, 3.8) is 0 Å². The molecule has 8 heavy (non-hydrogen) atoms. The zero-order valence-corrected chi connectivity index (χ0v) is 4.51. The van der Waals surface area contributed by atoms with Crippen LogP contribution >= 0.6 is 0 Å². The third-order valence-corrected chi connectivity index (χ3v) is 1.04. The second-order valence-corrected chi connectivity index (χ2v) is 1.58. The Morgan fingerprint density at radius 3 is 2.62 bits per heavy atom. The minimum atomic E-state index is -0.178. The van der Waals surface area contributed by atoms with Gasteiger partial charge in [0.2, 0.25) is 0 Å². The zero-order chi connectivity index (χ0) is 6.15. The van der Waals surface area contributed by atoms with Crippen LogP contribution in [0.15, 0.2) is 11.0 Å². The number of rotatable bonds is 0. The molecule has 0 bridgehead atoms. The highest BCUT2D eigenvalue weighted by molar-refractivity contribution is 6.30. The molecular weight excluding hydrogens is 103 g/mol. The van der Waals surface area contributed by atoms with Crippen LogP contribution in [0, 0.1) is 0 Å². The summed E-state index contributed by atoms with van der Waals surface area (Å²) in [7, 11) is 6.88. The van der Waals surface area contributed by atoms with Gasteiger partial charge in [-0.25, -0.2) is 4.79 Å². The van der Waals surface area contributed by atoms with E-state index in [1.807, 2.05) is 0 Å². The van der Waals surface area contributed by atoms with Crippen molar-refractivity contribution in [1.29, 1.82) is 0 Å². The molecule has 0 aromatic carbocycles. The summed E-state index contributed by atoms with van der Waals surface area (Å²) in [5, 5.41) is 0. The molecule has 0 aliphatic heterocycles. The van der Waals surface area contributed by atoms with Gasteiger partial charge in [-0.05, 0) is 5.59 Å². The first-order chi connectivity index (χ1) is 3.72. The van der Waals surface area contributed by atoms with E-state index in [0.29, 0.717) is 5.59 Å². The lowest BCUT2D eigenvalue weighted by Gasteiger charge is -1.87. The SMILES string of the molecule is [B]c1c[nH]c(=O)n1C. The van der Waals surface area contributed by atoms with E-state index in [1.54, 1.807) is 7.05 Å². The standard InChI is InChI=1S/C4H5BN2O/c1-7-3(5)2-6-4(7)8/h2H,1H3,(H,6,8). The first-order valence-corrected chi connectivity index (χ1v) is 2.21. The molecule has 0 amide bonds. The molecule has 40 valence electrons. The fourth-order valence-electron chi connectivity index (χ4n) is 0.447. The Kier molecular flexibility index (Phi) is 1.01. The largest absolute Gasteiger partial charge is 0.324 e. The molecule has 0 saturated heterocycles. The maximum atomic E-state index is 10.5. The molecule has 0 fully saturated rings. The third kappa shape index (κ3) is 0.578. The summed E-state index contributed by atoms with van der Waals surface area (Å²) in [6, 6.07) is 0. The minimum Gasteiger partial charge on any atom is -0.313 e. The number of nitrogens with zero attached hydrogens (tertiary/aromatic N) is 1. The van der Waals surface area contributed by atoms with Crippen molar-refractivity contribution in [1.82, 2.24) is 9.55 Å². The van der Waals surface area contributed by atoms with Crippen molar-refractivity contribution in [2.75, 3.05) is 0 Å². The van der Waals surface area contributed by atoms with Crippen LogP contribution in [-0.2, 0) is 7.05 Å². The lowest BCUT2D eigenvalue weighted by Crippen LogP contribution is -2.22. The maximum Gasteiger partial charge on any atom is 0.324 e. The Morgan fingerprint density at radius 2 is 2.50 bits per heavy atom. The summed E-state index contributed by atoms with van der Waals surface area (Å²) < 4.78 is 1.33. The van der Waals surface area contributed by atoms with Gasteiger partial charge in [0.15, 0.2) is 0 Å². The van der Waals surface area contributed by atoms with E-state index in [1.165, 1.54) is 10.8 Å². The Balaban J connectivity index is 3.41. The molecule has 0 unspecified atom stereocenters. The average molecular weight is 108 g/mol. The zero-order valence-electron chi connectivity index (χ0n) is 4.51. The quantitative estimate of drug-likeness (QED) is 0.404. The van der Waals surface area contributed by atoms with Crippen molar-refractivity contribution < 1.29 is 0 Å². The van der Waals surface area contributed by atoms with E-state index in [9.17, 15) is 4.79 Å². The van der Waals surface area contributed by atoms with Gasteiger partial charge in [0.05, 0.1) is 0 Å². The van der Waals surface area contributed by atoms with E-state index in [4.69, 9.17) is 7.85 Å². The number of aromatic amines is 1. The number of nitrogens with one attached hydrogen (secondary N) is 1. The van der Waals surface area contributed by atoms with Gasteiger partial charge in [0, 0.05) is 13.2 Å². The van der Waals surface area contributed by atoms with Gasteiger partial charge in [-0.1, -0.05) is 0 Å². The van der Waals surface area contributed by atoms with Crippen molar-refractivity contribution in [3.8, 4) is 0 Å². The van der Waals surface area contributed by atoms with E-state index < -0.39 is 0 Å². The van der Waals surface area contributed by atoms with Crippen molar-refractivity contribution in [2.45, 2.75) is 0 Å². The van der Waals surface area contributed by atoms with Gasteiger partial charge in [-0.3, -0.25) is 0 Å². The number of aromatic nitrogens is 2. The van der Waals surface area contributed by atoms with Crippen molar-refractivity contribution in [2.24, 2.45) is 7.05 Å². The molecule has 0 atom stereocenters. The molecule has 0 aliphatic rings. The van der Waals surface area contributed by atoms with E-state index in [2.05, 4.69) is 4.98 Å². The maximum absolute atomic E-state index is 10.5. The minimum absolute atomic E-state index is 0.178. The molecule has 2 radical (unpaired) electrons. The third-order valence-electron chi connectivity index (χ3n) is 1.04. The molecule has 0 spiro atoms. The number of hydrogen-bond acceptors (Lipinski definition) is 1.